The topological polar surface area (TPSA) is 122 Å². The van der Waals surface area contributed by atoms with Crippen LogP contribution < -0.4 is 10.9 Å². The Bertz CT molecular complexity index is 1370. The molecule has 0 spiro atoms. The van der Waals surface area contributed by atoms with Crippen molar-refractivity contribution in [3.8, 4) is 11.4 Å². The Kier molecular flexibility index (Phi) is 4.61. The third-order valence-corrected chi connectivity index (χ3v) is 5.43. The van der Waals surface area contributed by atoms with E-state index in [0.717, 1.165) is 20.9 Å². The van der Waals surface area contributed by atoms with Crippen LogP contribution in [0.1, 0.15) is 11.7 Å². The average Bonchev–Trinajstić information content (AvgIpc) is 3.35. The molecule has 0 aliphatic rings. The number of fused-ring (bicyclic) bond motifs is 2. The van der Waals surface area contributed by atoms with Crippen LogP contribution in [0, 0.1) is 0 Å². The molecule has 5 N–H and O–H groups in total. The Balaban J connectivity index is 1.49. The van der Waals surface area contributed by atoms with Gasteiger partial charge in [0.05, 0.1) is 28.3 Å². The zero-order chi connectivity index (χ0) is 20.7. The quantitative estimate of drug-likeness (QED) is 0.271. The number of halogens is 1. The van der Waals surface area contributed by atoms with E-state index in [-0.39, 0.29) is 12.1 Å². The Hall–Kier alpha value is -3.43. The fourth-order valence-electron chi connectivity index (χ4n) is 3.44. The van der Waals surface area contributed by atoms with Gasteiger partial charge in [-0.3, -0.25) is 4.79 Å². The lowest BCUT2D eigenvalue weighted by molar-refractivity contribution is 0.191. The number of aliphatic hydroxyl groups excluding tert-OH is 1. The van der Waals surface area contributed by atoms with E-state index in [1.54, 1.807) is 12.3 Å². The highest BCUT2D eigenvalue weighted by molar-refractivity contribution is 9.10. The number of benzene rings is 2. The zero-order valence-electron chi connectivity index (χ0n) is 15.6. The molecule has 2 aromatic carbocycles. The van der Waals surface area contributed by atoms with E-state index in [2.05, 4.69) is 46.4 Å². The van der Waals surface area contributed by atoms with E-state index in [9.17, 15) is 9.90 Å². The molecule has 0 aliphatic carbocycles. The summed E-state index contributed by atoms with van der Waals surface area (Å²) < 4.78 is 0.890. The summed E-state index contributed by atoms with van der Waals surface area (Å²) in [6.07, 6.45) is 2.65. The normalized spacial score (nSPS) is 12.5. The molecule has 3 heterocycles. The third kappa shape index (κ3) is 3.38. The molecule has 0 bridgehead atoms. The average molecular weight is 465 g/mol. The lowest BCUT2D eigenvalue weighted by Crippen LogP contribution is -2.17. The number of nitrogens with zero attached hydrogens (tertiary/aromatic N) is 2. The zero-order valence-corrected chi connectivity index (χ0v) is 17.2. The molecule has 150 valence electrons. The smallest absolute Gasteiger partial charge is 0.261 e. The summed E-state index contributed by atoms with van der Waals surface area (Å²) in [5.41, 5.74) is 3.67. The Labute approximate surface area is 178 Å². The van der Waals surface area contributed by atoms with Crippen LogP contribution in [0.25, 0.3) is 33.3 Å². The van der Waals surface area contributed by atoms with E-state index in [4.69, 9.17) is 0 Å². The van der Waals surface area contributed by atoms with E-state index in [1.807, 2.05) is 42.6 Å². The summed E-state index contributed by atoms with van der Waals surface area (Å²) >= 11 is 3.41. The first-order valence-corrected chi connectivity index (χ1v) is 10.1. The highest BCUT2D eigenvalue weighted by Gasteiger charge is 2.17. The number of aliphatic hydroxyl groups is 1. The molecule has 30 heavy (non-hydrogen) atoms. The van der Waals surface area contributed by atoms with Gasteiger partial charge in [0, 0.05) is 28.8 Å². The van der Waals surface area contributed by atoms with Crippen LogP contribution in [0.5, 0.6) is 0 Å². The number of hydrogen-bond acceptors (Lipinski definition) is 5. The van der Waals surface area contributed by atoms with Gasteiger partial charge in [-0.05, 0) is 35.9 Å². The van der Waals surface area contributed by atoms with Crippen LogP contribution in [0.3, 0.4) is 0 Å². The van der Waals surface area contributed by atoms with Gasteiger partial charge in [-0.25, -0.2) is 9.97 Å². The molecule has 5 rings (SSSR count). The number of anilines is 1. The van der Waals surface area contributed by atoms with Crippen LogP contribution in [-0.4, -0.2) is 36.8 Å². The number of imidazole rings is 1. The molecule has 0 saturated carbocycles. The van der Waals surface area contributed by atoms with Gasteiger partial charge >= 0.3 is 0 Å². The third-order valence-electron chi connectivity index (χ3n) is 4.94. The van der Waals surface area contributed by atoms with Gasteiger partial charge in [0.2, 0.25) is 0 Å². The molecule has 0 fully saturated rings. The number of rotatable bonds is 5. The monoisotopic (exact) mass is 464 g/mol. The van der Waals surface area contributed by atoms with Crippen LogP contribution in [0.15, 0.2) is 64.1 Å². The minimum Gasteiger partial charge on any atom is -0.387 e. The molecule has 0 unspecified atom stereocenters. The number of nitrogens with one attached hydrogen (secondary N) is 4. The standard InChI is InChI=1S/C21H17BrN6O2/c22-13-3-1-2-11(6-13)18(29)10-24-14-4-5-23-21(30)19(14)20-26-16-7-12-9-25-28-15(12)8-17(16)27-20/h1-9,18,25,28-29H,10H2,(H2,23,24,30)/t18-/m1/s1. The first-order chi connectivity index (χ1) is 14.6. The molecule has 0 aliphatic heterocycles. The Morgan fingerprint density at radius 2 is 1.97 bits per heavy atom. The summed E-state index contributed by atoms with van der Waals surface area (Å²) in [5.74, 6) is 0.336. The van der Waals surface area contributed by atoms with Crippen molar-refractivity contribution in [1.29, 1.82) is 0 Å². The molecule has 0 radical (unpaired) electrons. The van der Waals surface area contributed by atoms with Crippen LogP contribution in [0.2, 0.25) is 0 Å². The number of H-pyrrole nitrogens is 3. The Morgan fingerprint density at radius 1 is 1.13 bits per heavy atom. The maximum atomic E-state index is 12.6. The fourth-order valence-corrected chi connectivity index (χ4v) is 3.86. The predicted molar refractivity (Wildman–Crippen MR) is 119 cm³/mol. The highest BCUT2D eigenvalue weighted by Crippen LogP contribution is 2.27. The molecular formula is C21H17BrN6O2. The molecule has 8 nitrogen and oxygen atoms in total. The van der Waals surface area contributed by atoms with Crippen molar-refractivity contribution in [3.05, 3.63) is 75.2 Å². The molecule has 0 saturated heterocycles. The van der Waals surface area contributed by atoms with Crippen molar-refractivity contribution in [2.24, 2.45) is 0 Å². The lowest BCUT2D eigenvalue weighted by atomic mass is 10.1. The second kappa shape index (κ2) is 7.43. The Morgan fingerprint density at radius 3 is 2.80 bits per heavy atom. The van der Waals surface area contributed by atoms with E-state index >= 15 is 0 Å². The second-order valence-corrected chi connectivity index (χ2v) is 7.85. The van der Waals surface area contributed by atoms with Gasteiger partial charge in [0.15, 0.2) is 5.82 Å². The molecular weight excluding hydrogens is 448 g/mol. The van der Waals surface area contributed by atoms with Crippen molar-refractivity contribution in [2.45, 2.75) is 6.10 Å². The van der Waals surface area contributed by atoms with Gasteiger partial charge < -0.3 is 25.6 Å². The van der Waals surface area contributed by atoms with Gasteiger partial charge in [0.25, 0.3) is 5.56 Å². The van der Waals surface area contributed by atoms with Gasteiger partial charge in [-0.2, -0.15) is 0 Å². The van der Waals surface area contributed by atoms with Crippen LogP contribution in [-0.2, 0) is 0 Å². The predicted octanol–water partition coefficient (Wildman–Crippen LogP) is 3.70. The highest BCUT2D eigenvalue weighted by atomic mass is 79.9. The summed E-state index contributed by atoms with van der Waals surface area (Å²) in [6.45, 7) is 0.228. The van der Waals surface area contributed by atoms with Gasteiger partial charge in [-0.15, -0.1) is 0 Å². The minimum absolute atomic E-state index is 0.228. The molecule has 1 atom stereocenters. The molecule has 5 aromatic rings. The van der Waals surface area contributed by atoms with Crippen LogP contribution >= 0.6 is 15.9 Å². The number of aromatic amines is 3. The van der Waals surface area contributed by atoms with Crippen LogP contribution in [0.4, 0.5) is 5.69 Å². The maximum Gasteiger partial charge on any atom is 0.261 e. The molecule has 9 heteroatoms. The van der Waals surface area contributed by atoms with E-state index in [1.165, 1.54) is 0 Å². The van der Waals surface area contributed by atoms with Gasteiger partial charge in [0.1, 0.15) is 5.56 Å². The first kappa shape index (κ1) is 18.6. The summed E-state index contributed by atoms with van der Waals surface area (Å²) in [6, 6.07) is 13.0. The van der Waals surface area contributed by atoms with Crippen molar-refractivity contribution < 1.29 is 5.11 Å². The largest absolute Gasteiger partial charge is 0.387 e. The number of hydrogen-bond donors (Lipinski definition) is 5. The SMILES string of the molecule is O=c1[nH]ccc(NC[C@@H](O)c2cccc(Br)c2)c1-c1nc2cc3c[nH][nH]c3cc2n1. The van der Waals surface area contributed by atoms with Crippen molar-refractivity contribution in [2.75, 3.05) is 11.9 Å². The van der Waals surface area contributed by atoms with Crippen molar-refractivity contribution in [1.82, 2.24) is 25.1 Å². The number of pyridine rings is 1. The summed E-state index contributed by atoms with van der Waals surface area (Å²) in [4.78, 5) is 24.4. The van der Waals surface area contributed by atoms with E-state index < -0.39 is 6.10 Å². The lowest BCUT2D eigenvalue weighted by Gasteiger charge is -2.15. The molecule has 0 amide bonds. The molecule has 3 aromatic heterocycles. The van der Waals surface area contributed by atoms with Crippen molar-refractivity contribution in [3.63, 3.8) is 0 Å². The summed E-state index contributed by atoms with van der Waals surface area (Å²) in [5, 5.41) is 20.6. The van der Waals surface area contributed by atoms with Gasteiger partial charge in [-0.1, -0.05) is 28.1 Å². The second-order valence-electron chi connectivity index (χ2n) is 6.94. The minimum atomic E-state index is -0.744. The number of aromatic nitrogens is 5. The van der Waals surface area contributed by atoms with Crippen molar-refractivity contribution >= 4 is 43.6 Å². The van der Waals surface area contributed by atoms with E-state index in [0.29, 0.717) is 28.1 Å². The summed E-state index contributed by atoms with van der Waals surface area (Å²) in [7, 11) is 0. The first-order valence-electron chi connectivity index (χ1n) is 9.31. The maximum absolute atomic E-state index is 12.6. The fraction of sp³-hybridized carbons (Fsp3) is 0.0952.